The van der Waals surface area contributed by atoms with Crippen LogP contribution in [-0.4, -0.2) is 28.0 Å². The van der Waals surface area contributed by atoms with Crippen LogP contribution < -0.4 is 0 Å². The van der Waals surface area contributed by atoms with Crippen molar-refractivity contribution < 1.29 is 9.90 Å². The van der Waals surface area contributed by atoms with Gasteiger partial charge in [0, 0.05) is 17.6 Å². The first kappa shape index (κ1) is 18.5. The first-order valence-corrected chi connectivity index (χ1v) is 9.58. The highest BCUT2D eigenvalue weighted by atomic mass is 16.3. The minimum atomic E-state index is -0.376. The highest BCUT2D eigenvalue weighted by Gasteiger charge is 2.31. The number of aryl methyl sites for hydroxylation is 2. The van der Waals surface area contributed by atoms with E-state index in [0.717, 1.165) is 29.5 Å². The molecule has 1 unspecified atom stereocenters. The zero-order valence-electron chi connectivity index (χ0n) is 16.2. The summed E-state index contributed by atoms with van der Waals surface area (Å²) in [6.07, 6.45) is 2.44. The number of phenolic OH excluding ortho intramolecular Hbond substituents is 1. The zero-order valence-corrected chi connectivity index (χ0v) is 16.2. The minimum Gasteiger partial charge on any atom is -0.508 e. The van der Waals surface area contributed by atoms with Crippen molar-refractivity contribution in [1.29, 1.82) is 0 Å². The Morgan fingerprint density at radius 1 is 0.923 bits per heavy atom. The number of hydrogen-bond donors (Lipinski definition) is 1. The number of benzene rings is 2. The lowest BCUT2D eigenvalue weighted by Gasteiger charge is -2.34. The van der Waals surface area contributed by atoms with Crippen LogP contribution in [-0.2, 0) is 24.1 Å². The van der Waals surface area contributed by atoms with Crippen LogP contribution in [0.25, 0.3) is 0 Å². The number of nitrogens with zero attached hydrogens (tertiary/aromatic N) is 1. The molecule has 4 bridgehead atoms. The normalized spacial score (nSPS) is 16.6. The van der Waals surface area contributed by atoms with Crippen molar-refractivity contribution in [3.05, 3.63) is 64.7 Å². The Balaban J connectivity index is 2.08. The van der Waals surface area contributed by atoms with Gasteiger partial charge >= 0.3 is 0 Å². The fraction of sp³-hybridized carbons (Fsp3) is 0.435. The number of rotatable bonds is 3. The maximum Gasteiger partial charge on any atom is 0.231 e. The first-order chi connectivity index (χ1) is 12.4. The molecule has 2 aromatic rings. The van der Waals surface area contributed by atoms with Crippen molar-refractivity contribution in [2.45, 2.75) is 65.0 Å². The van der Waals surface area contributed by atoms with Gasteiger partial charge in [-0.05, 0) is 69.7 Å². The van der Waals surface area contributed by atoms with E-state index in [9.17, 15) is 9.90 Å². The van der Waals surface area contributed by atoms with Crippen LogP contribution in [0.2, 0.25) is 0 Å². The number of amides is 1. The van der Waals surface area contributed by atoms with Gasteiger partial charge in [-0.3, -0.25) is 4.79 Å². The quantitative estimate of drug-likeness (QED) is 0.887. The van der Waals surface area contributed by atoms with E-state index >= 15 is 0 Å². The van der Waals surface area contributed by atoms with Crippen molar-refractivity contribution in [2.75, 3.05) is 0 Å². The lowest BCUT2D eigenvalue weighted by Crippen LogP contribution is -2.45. The van der Waals surface area contributed by atoms with Crippen LogP contribution in [0, 0.1) is 0 Å². The monoisotopic (exact) mass is 351 g/mol. The summed E-state index contributed by atoms with van der Waals surface area (Å²) in [6.45, 7) is 8.19. The fourth-order valence-corrected chi connectivity index (χ4v) is 4.02. The molecular formula is C23H29NO2. The van der Waals surface area contributed by atoms with E-state index in [1.54, 1.807) is 0 Å². The summed E-state index contributed by atoms with van der Waals surface area (Å²) in [4.78, 5) is 15.4. The molecule has 1 N–H and O–H groups in total. The molecule has 0 aromatic heterocycles. The third-order valence-corrected chi connectivity index (χ3v) is 5.30. The largest absolute Gasteiger partial charge is 0.508 e. The van der Waals surface area contributed by atoms with Crippen LogP contribution in [0.5, 0.6) is 5.75 Å². The van der Waals surface area contributed by atoms with E-state index < -0.39 is 0 Å². The van der Waals surface area contributed by atoms with Gasteiger partial charge in [0.1, 0.15) is 5.75 Å². The molecule has 4 aliphatic rings. The minimum absolute atomic E-state index is 0.0826. The van der Waals surface area contributed by atoms with Crippen molar-refractivity contribution >= 4 is 5.91 Å². The predicted octanol–water partition coefficient (Wildman–Crippen LogP) is 4.46. The molecule has 138 valence electrons. The number of hydrogen-bond acceptors (Lipinski definition) is 2. The number of carbonyl (C=O) groups excluding carboxylic acids is 1. The second-order valence-electron chi connectivity index (χ2n) is 7.90. The van der Waals surface area contributed by atoms with Crippen molar-refractivity contribution in [3.8, 4) is 5.75 Å². The van der Waals surface area contributed by atoms with E-state index in [1.807, 2.05) is 44.7 Å². The number of carbonyl (C=O) groups is 1. The van der Waals surface area contributed by atoms with Gasteiger partial charge in [-0.15, -0.1) is 0 Å². The standard InChI is InChI=1S/C23H29NO2/c1-15(2)24(16(3)4)23(26)21-13-18-8-5-17(6-9-18)7-10-19-11-12-20(21)22(25)14-19/h5-6,8-9,11-12,14-16,21,25H,7,10,13H2,1-4H3. The average Bonchev–Trinajstić information content (AvgIpc) is 2.57. The molecule has 1 atom stereocenters. The molecule has 26 heavy (non-hydrogen) atoms. The molecular weight excluding hydrogens is 322 g/mol. The van der Waals surface area contributed by atoms with Crippen molar-refractivity contribution in [2.24, 2.45) is 0 Å². The van der Waals surface area contributed by atoms with Crippen molar-refractivity contribution in [1.82, 2.24) is 4.90 Å². The van der Waals surface area contributed by atoms with E-state index in [1.165, 1.54) is 5.56 Å². The van der Waals surface area contributed by atoms with E-state index in [-0.39, 0.29) is 29.7 Å². The van der Waals surface area contributed by atoms with Gasteiger partial charge in [0.05, 0.1) is 5.92 Å². The zero-order chi connectivity index (χ0) is 18.8. The molecule has 0 heterocycles. The smallest absolute Gasteiger partial charge is 0.231 e. The van der Waals surface area contributed by atoms with Crippen LogP contribution in [0.1, 0.15) is 55.9 Å². The Morgan fingerprint density at radius 2 is 1.46 bits per heavy atom. The molecule has 3 heteroatoms. The van der Waals surface area contributed by atoms with Crippen LogP contribution in [0.3, 0.4) is 0 Å². The molecule has 0 saturated heterocycles. The second kappa shape index (κ2) is 7.53. The molecule has 0 saturated carbocycles. The van der Waals surface area contributed by atoms with Gasteiger partial charge < -0.3 is 10.0 Å². The summed E-state index contributed by atoms with van der Waals surface area (Å²) in [7, 11) is 0. The number of aromatic hydroxyl groups is 1. The van der Waals surface area contributed by atoms with E-state index in [2.05, 4.69) is 30.3 Å². The SMILES string of the molecule is CC(C)N(C(=O)C1Cc2ccc(cc2)CCc2ccc1c(O)c2)C(C)C. The molecule has 2 aromatic carbocycles. The van der Waals surface area contributed by atoms with Gasteiger partial charge in [0.25, 0.3) is 0 Å². The first-order valence-electron chi connectivity index (χ1n) is 9.58. The Kier molecular flexibility index (Phi) is 5.36. The predicted molar refractivity (Wildman–Crippen MR) is 106 cm³/mol. The summed E-state index contributed by atoms with van der Waals surface area (Å²) in [6, 6.07) is 14.6. The van der Waals surface area contributed by atoms with E-state index in [0.29, 0.717) is 6.42 Å². The third-order valence-electron chi connectivity index (χ3n) is 5.30. The average molecular weight is 351 g/mol. The molecule has 0 fully saturated rings. The summed E-state index contributed by atoms with van der Waals surface area (Å²) in [5, 5.41) is 10.7. The topological polar surface area (TPSA) is 40.5 Å². The Labute approximate surface area is 156 Å². The van der Waals surface area contributed by atoms with E-state index in [4.69, 9.17) is 0 Å². The maximum atomic E-state index is 13.5. The molecule has 0 radical (unpaired) electrons. The highest BCUT2D eigenvalue weighted by Crippen LogP contribution is 2.33. The Hall–Kier alpha value is -2.29. The van der Waals surface area contributed by atoms with Gasteiger partial charge in [0.2, 0.25) is 5.91 Å². The van der Waals surface area contributed by atoms with Gasteiger partial charge in [-0.2, -0.15) is 0 Å². The molecule has 1 amide bonds. The van der Waals surface area contributed by atoms with Gasteiger partial charge in [0.15, 0.2) is 0 Å². The molecule has 6 rings (SSSR count). The van der Waals surface area contributed by atoms with Crippen molar-refractivity contribution in [3.63, 3.8) is 0 Å². The van der Waals surface area contributed by atoms with Gasteiger partial charge in [-0.1, -0.05) is 36.4 Å². The Bertz CT molecular complexity index is 769. The highest BCUT2D eigenvalue weighted by molar-refractivity contribution is 5.85. The van der Waals surface area contributed by atoms with Crippen LogP contribution >= 0.6 is 0 Å². The Morgan fingerprint density at radius 3 is 2.04 bits per heavy atom. The van der Waals surface area contributed by atoms with Gasteiger partial charge in [-0.25, -0.2) is 0 Å². The maximum absolute atomic E-state index is 13.5. The summed E-state index contributed by atoms with van der Waals surface area (Å²) in [5.74, 6) is -0.0540. The molecule has 4 aliphatic carbocycles. The molecule has 0 aliphatic heterocycles. The number of phenols is 1. The third kappa shape index (κ3) is 3.77. The summed E-state index contributed by atoms with van der Waals surface area (Å²) >= 11 is 0. The van der Waals surface area contributed by atoms with Crippen LogP contribution in [0.4, 0.5) is 0 Å². The molecule has 0 spiro atoms. The fourth-order valence-electron chi connectivity index (χ4n) is 4.02. The second-order valence-corrected chi connectivity index (χ2v) is 7.90. The summed E-state index contributed by atoms with van der Waals surface area (Å²) in [5.41, 5.74) is 4.25. The molecule has 3 nitrogen and oxygen atoms in total. The summed E-state index contributed by atoms with van der Waals surface area (Å²) < 4.78 is 0. The lowest BCUT2D eigenvalue weighted by molar-refractivity contribution is -0.136. The van der Waals surface area contributed by atoms with Crippen LogP contribution in [0.15, 0.2) is 42.5 Å². The lowest BCUT2D eigenvalue weighted by atomic mass is 9.87.